The smallest absolute Gasteiger partial charge is 0.341 e. The third-order valence-corrected chi connectivity index (χ3v) is 9.14. The van der Waals surface area contributed by atoms with Gasteiger partial charge in [-0.15, -0.1) is 0 Å². The molecule has 0 bridgehead atoms. The van der Waals surface area contributed by atoms with E-state index in [0.29, 0.717) is 51.9 Å². The van der Waals surface area contributed by atoms with E-state index in [-0.39, 0.29) is 22.9 Å². The fraction of sp³-hybridized carbons (Fsp3) is 0.364. The molecule has 14 heteroatoms. The number of hydrogen-bond acceptors (Lipinski definition) is 9. The van der Waals surface area contributed by atoms with Gasteiger partial charge in [-0.25, -0.2) is 14.8 Å². The van der Waals surface area contributed by atoms with Crippen LogP contribution in [0.5, 0.6) is 5.88 Å². The number of likely N-dealkylation sites (N-methyl/N-ethyl adjacent to an activating group) is 1. The molecule has 0 radical (unpaired) electrons. The summed E-state index contributed by atoms with van der Waals surface area (Å²) < 4.78 is 7.81. The molecule has 3 aromatic heterocycles. The van der Waals surface area contributed by atoms with Gasteiger partial charge in [-0.3, -0.25) is 4.79 Å². The molecule has 2 aliphatic heterocycles. The Morgan fingerprint density at radius 3 is 2.60 bits per heavy atom. The van der Waals surface area contributed by atoms with Crippen LogP contribution >= 0.6 is 23.2 Å². The third-order valence-electron chi connectivity index (χ3n) is 8.55. The molecule has 0 aliphatic carbocycles. The maximum absolute atomic E-state index is 13.3. The number of carbonyl (C=O) groups is 1. The van der Waals surface area contributed by atoms with Crippen LogP contribution < -0.4 is 20.0 Å². The predicted octanol–water partition coefficient (Wildman–Crippen LogP) is 4.81. The van der Waals surface area contributed by atoms with Crippen LogP contribution in [0.3, 0.4) is 0 Å². The molecule has 0 unspecified atom stereocenters. The zero-order chi connectivity index (χ0) is 33.4. The quantitative estimate of drug-likeness (QED) is 0.185. The number of benzene rings is 1. The van der Waals surface area contributed by atoms with Crippen molar-refractivity contribution in [3.8, 4) is 11.6 Å². The van der Waals surface area contributed by atoms with Crippen molar-refractivity contribution in [1.29, 1.82) is 0 Å². The van der Waals surface area contributed by atoms with E-state index in [1.165, 1.54) is 6.20 Å². The minimum Gasteiger partial charge on any atom is -0.477 e. The van der Waals surface area contributed by atoms with Gasteiger partial charge in [-0.2, -0.15) is 4.98 Å². The number of nitrogens with zero attached hydrogens (tertiary/aromatic N) is 8. The summed E-state index contributed by atoms with van der Waals surface area (Å²) in [6.07, 6.45) is 6.44. The SMILES string of the molecule is CN(C)C=Nc1ccc(Cl)c(OC[C@H]2CCCN2c2cc3c(cc2Cl)c(=O)c(C(=O)O)cn3-c2ccc(N3CC(N(C)C)C3)nc2)n1. The van der Waals surface area contributed by atoms with Crippen molar-refractivity contribution < 1.29 is 14.6 Å². The molecule has 1 atom stereocenters. The van der Waals surface area contributed by atoms with E-state index in [2.05, 4.69) is 43.8 Å². The zero-order valence-electron chi connectivity index (χ0n) is 26.6. The molecule has 1 N–H and O–H groups in total. The Bertz CT molecular complexity index is 1890. The monoisotopic (exact) mass is 678 g/mol. The molecule has 2 aliphatic rings. The number of rotatable bonds is 10. The Morgan fingerprint density at radius 1 is 1.13 bits per heavy atom. The van der Waals surface area contributed by atoms with E-state index in [4.69, 9.17) is 27.9 Å². The van der Waals surface area contributed by atoms with Gasteiger partial charge in [-0.1, -0.05) is 23.2 Å². The topological polar surface area (TPSA) is 120 Å². The second-order valence-electron chi connectivity index (χ2n) is 12.2. The van der Waals surface area contributed by atoms with Gasteiger partial charge in [-0.05, 0) is 63.3 Å². The Kier molecular flexibility index (Phi) is 9.27. The molecule has 4 aromatic rings. The summed E-state index contributed by atoms with van der Waals surface area (Å²) >= 11 is 13.2. The first kappa shape index (κ1) is 32.5. The summed E-state index contributed by atoms with van der Waals surface area (Å²) in [7, 11) is 7.86. The highest BCUT2D eigenvalue weighted by molar-refractivity contribution is 6.34. The van der Waals surface area contributed by atoms with E-state index in [9.17, 15) is 14.7 Å². The molecule has 0 spiro atoms. The van der Waals surface area contributed by atoms with Gasteiger partial charge < -0.3 is 34.0 Å². The maximum Gasteiger partial charge on any atom is 0.341 e. The predicted molar refractivity (Wildman–Crippen MR) is 186 cm³/mol. The highest BCUT2D eigenvalue weighted by Gasteiger charge is 2.30. The molecule has 2 fully saturated rings. The summed E-state index contributed by atoms with van der Waals surface area (Å²) in [5.74, 6) is 0.288. The standard InChI is InChI=1S/C33H36Cl2N8O4/c1-39(2)19-37-29-9-8-25(34)32(38-29)47-18-21-6-5-11-42(21)28-13-27-23(12-26(28)35)31(44)24(33(45)46)17-43(27)20-7-10-30(36-14-20)41-15-22(16-41)40(3)4/h7-10,12-14,17,19,21-22H,5-6,11,15-16,18H2,1-4H3,(H,45,46)/t21-/m1/s1. The molecule has 0 saturated carbocycles. The average molecular weight is 680 g/mol. The van der Waals surface area contributed by atoms with Crippen LogP contribution in [0.2, 0.25) is 10.0 Å². The van der Waals surface area contributed by atoms with Crippen LogP contribution in [0, 0.1) is 0 Å². The Labute approximate surface area is 282 Å². The lowest BCUT2D eigenvalue weighted by atomic mass is 10.1. The zero-order valence-corrected chi connectivity index (χ0v) is 28.1. The van der Waals surface area contributed by atoms with E-state index in [1.807, 2.05) is 37.2 Å². The fourth-order valence-electron chi connectivity index (χ4n) is 5.86. The van der Waals surface area contributed by atoms with Crippen molar-refractivity contribution in [2.75, 3.05) is 64.2 Å². The molecule has 5 heterocycles. The van der Waals surface area contributed by atoms with Crippen LogP contribution in [-0.2, 0) is 0 Å². The van der Waals surface area contributed by atoms with E-state index in [1.54, 1.807) is 35.3 Å². The summed E-state index contributed by atoms with van der Waals surface area (Å²) in [5.41, 5.74) is 0.906. The molecule has 47 heavy (non-hydrogen) atoms. The lowest BCUT2D eigenvalue weighted by molar-refractivity contribution is 0.0695. The summed E-state index contributed by atoms with van der Waals surface area (Å²) in [5, 5.41) is 10.8. The molecule has 0 amide bonds. The number of aliphatic imine (C=N–C) groups is 1. The Hall–Kier alpha value is -4.39. The number of carboxylic acid groups (broad SMARTS) is 1. The lowest BCUT2D eigenvalue weighted by Gasteiger charge is -2.43. The highest BCUT2D eigenvalue weighted by atomic mass is 35.5. The van der Waals surface area contributed by atoms with Crippen molar-refractivity contribution >= 4 is 63.7 Å². The minimum absolute atomic E-state index is 0.0568. The van der Waals surface area contributed by atoms with Crippen molar-refractivity contribution in [1.82, 2.24) is 24.3 Å². The number of fused-ring (bicyclic) bond motifs is 1. The van der Waals surface area contributed by atoms with Gasteiger partial charge >= 0.3 is 5.97 Å². The molecular weight excluding hydrogens is 643 g/mol. The normalized spacial score (nSPS) is 16.8. The number of halogens is 2. The van der Waals surface area contributed by atoms with Crippen LogP contribution in [0.15, 0.2) is 58.6 Å². The number of aromatic nitrogens is 3. The molecule has 12 nitrogen and oxygen atoms in total. The van der Waals surface area contributed by atoms with E-state index >= 15 is 0 Å². The van der Waals surface area contributed by atoms with Crippen molar-refractivity contribution in [2.45, 2.75) is 24.9 Å². The first-order valence-corrected chi connectivity index (χ1v) is 16.0. The van der Waals surface area contributed by atoms with E-state index in [0.717, 1.165) is 31.7 Å². The van der Waals surface area contributed by atoms with Gasteiger partial charge in [0.2, 0.25) is 11.3 Å². The Balaban J connectivity index is 1.32. The molecule has 6 rings (SSSR count). The van der Waals surface area contributed by atoms with Crippen LogP contribution in [0.1, 0.15) is 23.2 Å². The largest absolute Gasteiger partial charge is 0.477 e. The van der Waals surface area contributed by atoms with Crippen LogP contribution in [0.4, 0.5) is 17.3 Å². The second kappa shape index (κ2) is 13.4. The molecular formula is C33H36Cl2N8O4. The average Bonchev–Trinajstić information content (AvgIpc) is 3.48. The van der Waals surface area contributed by atoms with Crippen molar-refractivity contribution in [2.24, 2.45) is 4.99 Å². The summed E-state index contributed by atoms with van der Waals surface area (Å²) in [6, 6.07) is 11.0. The van der Waals surface area contributed by atoms with Crippen LogP contribution in [0.25, 0.3) is 16.6 Å². The minimum atomic E-state index is -1.31. The second-order valence-corrected chi connectivity index (χ2v) is 13.0. The van der Waals surface area contributed by atoms with Gasteiger partial charge in [0.25, 0.3) is 0 Å². The molecule has 246 valence electrons. The van der Waals surface area contributed by atoms with E-state index < -0.39 is 11.4 Å². The summed E-state index contributed by atoms with van der Waals surface area (Å²) in [6.45, 7) is 2.77. The summed E-state index contributed by atoms with van der Waals surface area (Å²) in [4.78, 5) is 47.2. The number of aromatic carboxylic acids is 1. The number of pyridine rings is 3. The lowest BCUT2D eigenvalue weighted by Crippen LogP contribution is -2.57. The van der Waals surface area contributed by atoms with Gasteiger partial charge in [0, 0.05) is 51.4 Å². The van der Waals surface area contributed by atoms with Crippen molar-refractivity contribution in [3.63, 3.8) is 0 Å². The van der Waals surface area contributed by atoms with Crippen LogP contribution in [-0.4, -0.2) is 108 Å². The van der Waals surface area contributed by atoms with Gasteiger partial charge in [0.15, 0.2) is 5.82 Å². The number of ether oxygens (including phenoxy) is 1. The number of anilines is 2. The number of carboxylic acids is 1. The number of hydrogen-bond donors (Lipinski definition) is 1. The van der Waals surface area contributed by atoms with Gasteiger partial charge in [0.05, 0.1) is 40.5 Å². The maximum atomic E-state index is 13.3. The highest BCUT2D eigenvalue weighted by Crippen LogP contribution is 2.36. The first-order chi connectivity index (χ1) is 22.5. The molecule has 1 aromatic carbocycles. The first-order valence-electron chi connectivity index (χ1n) is 15.3. The van der Waals surface area contributed by atoms with Gasteiger partial charge in [0.1, 0.15) is 23.0 Å². The molecule has 2 saturated heterocycles. The fourth-order valence-corrected chi connectivity index (χ4v) is 6.29. The third kappa shape index (κ3) is 6.71. The van der Waals surface area contributed by atoms with Crippen molar-refractivity contribution in [3.05, 3.63) is 74.6 Å². The Morgan fingerprint density at radius 2 is 1.91 bits per heavy atom.